The van der Waals surface area contributed by atoms with E-state index in [1.54, 1.807) is 17.0 Å². The molecule has 38 heavy (non-hydrogen) atoms. The van der Waals surface area contributed by atoms with Crippen LogP contribution in [0.2, 0.25) is 5.02 Å². The smallest absolute Gasteiger partial charge is 0.296 e. The van der Waals surface area contributed by atoms with E-state index in [4.69, 9.17) is 25.5 Å². The lowest BCUT2D eigenvalue weighted by Crippen LogP contribution is -2.46. The van der Waals surface area contributed by atoms with Crippen LogP contribution in [0.1, 0.15) is 35.8 Å². The van der Waals surface area contributed by atoms with E-state index in [0.717, 1.165) is 19.6 Å². The number of aliphatic hydroxyl groups excluding tert-OH is 1. The van der Waals surface area contributed by atoms with Crippen LogP contribution in [-0.2, 0) is 16.1 Å². The van der Waals surface area contributed by atoms with Crippen LogP contribution in [-0.4, -0.2) is 59.9 Å². The van der Waals surface area contributed by atoms with Gasteiger partial charge in [0, 0.05) is 31.7 Å². The lowest BCUT2D eigenvalue weighted by molar-refractivity contribution is -0.142. The highest BCUT2D eigenvalue weighted by Crippen LogP contribution is 2.45. The number of ketones is 1. The van der Waals surface area contributed by atoms with Crippen molar-refractivity contribution >= 4 is 29.1 Å². The highest BCUT2D eigenvalue weighted by Gasteiger charge is 2.50. The van der Waals surface area contributed by atoms with Crippen LogP contribution in [0.3, 0.4) is 0 Å². The quantitative estimate of drug-likeness (QED) is 0.257. The van der Waals surface area contributed by atoms with Crippen molar-refractivity contribution in [3.63, 3.8) is 0 Å². The van der Waals surface area contributed by atoms with Gasteiger partial charge in [0.25, 0.3) is 11.7 Å². The van der Waals surface area contributed by atoms with E-state index in [1.165, 1.54) is 38.2 Å². The number of piperidine rings is 1. The molecule has 3 heterocycles. The van der Waals surface area contributed by atoms with Gasteiger partial charge in [0.05, 0.1) is 36.6 Å². The molecule has 1 atom stereocenters. The molecule has 0 aliphatic carbocycles. The highest BCUT2D eigenvalue weighted by molar-refractivity contribution is 6.46. The molecular weight excluding hydrogens is 508 g/mol. The molecule has 1 N–H and O–H groups in total. The van der Waals surface area contributed by atoms with Crippen molar-refractivity contribution in [3.8, 4) is 11.5 Å². The fourth-order valence-electron chi connectivity index (χ4n) is 5.34. The first-order valence-corrected chi connectivity index (χ1v) is 12.8. The van der Waals surface area contributed by atoms with Crippen molar-refractivity contribution in [2.24, 2.45) is 0 Å². The summed E-state index contributed by atoms with van der Waals surface area (Å²) in [4.78, 5) is 30.8. The Balaban J connectivity index is 1.49. The minimum absolute atomic E-state index is 0.0562. The molecule has 1 aromatic heterocycles. The number of benzene rings is 2. The molecule has 3 aromatic rings. The topological polar surface area (TPSA) is 92.5 Å². The number of hydrogen-bond donors (Lipinski definition) is 1. The fraction of sp³-hybridized carbons (Fsp3) is 0.310. The van der Waals surface area contributed by atoms with Crippen molar-refractivity contribution in [3.05, 3.63) is 88.3 Å². The molecule has 2 aliphatic heterocycles. The molecule has 0 radical (unpaired) electrons. The van der Waals surface area contributed by atoms with Gasteiger partial charge in [-0.1, -0.05) is 41.9 Å². The largest absolute Gasteiger partial charge is 0.507 e. The van der Waals surface area contributed by atoms with Gasteiger partial charge in [-0.25, -0.2) is 0 Å². The number of halogens is 1. The number of nitrogens with zero attached hydrogens (tertiary/aromatic N) is 2. The van der Waals surface area contributed by atoms with Crippen LogP contribution in [0.5, 0.6) is 11.5 Å². The molecule has 2 fully saturated rings. The number of likely N-dealkylation sites (tertiary alicyclic amines) is 2. The number of furan rings is 1. The second kappa shape index (κ2) is 10.9. The van der Waals surface area contributed by atoms with E-state index < -0.39 is 17.7 Å². The Hall–Kier alpha value is -3.75. The van der Waals surface area contributed by atoms with Crippen LogP contribution in [0.4, 0.5) is 0 Å². The maximum Gasteiger partial charge on any atom is 0.296 e. The Bertz CT molecular complexity index is 1350. The summed E-state index contributed by atoms with van der Waals surface area (Å²) in [6.07, 6.45) is 2.87. The Kier molecular flexibility index (Phi) is 7.44. The van der Waals surface area contributed by atoms with Crippen LogP contribution in [0.15, 0.2) is 70.9 Å². The van der Waals surface area contributed by atoms with Gasteiger partial charge >= 0.3 is 0 Å². The molecule has 5 rings (SSSR count). The SMILES string of the molecule is COc1cc(/C(O)=C2\C(=O)C(=O)N(C3CCN(Cc4ccccc4)CC3)C2c2ccco2)c(OC)cc1Cl. The number of hydrogen-bond acceptors (Lipinski definition) is 7. The Labute approximate surface area is 226 Å². The molecule has 2 aliphatic rings. The monoisotopic (exact) mass is 536 g/mol. The molecule has 198 valence electrons. The van der Waals surface area contributed by atoms with Gasteiger partial charge in [0.1, 0.15) is 29.1 Å². The molecular formula is C29H29ClN2O6. The Morgan fingerprint density at radius 3 is 2.37 bits per heavy atom. The van der Waals surface area contributed by atoms with Crippen LogP contribution in [0, 0.1) is 0 Å². The van der Waals surface area contributed by atoms with Gasteiger partial charge < -0.3 is 23.9 Å². The fourth-order valence-corrected chi connectivity index (χ4v) is 5.57. The van der Waals surface area contributed by atoms with E-state index in [9.17, 15) is 14.7 Å². The number of carbonyl (C=O) groups is 2. The summed E-state index contributed by atoms with van der Waals surface area (Å²) in [5.41, 5.74) is 1.37. The van der Waals surface area contributed by atoms with Crippen molar-refractivity contribution < 1.29 is 28.6 Å². The van der Waals surface area contributed by atoms with E-state index in [-0.39, 0.29) is 33.7 Å². The second-order valence-electron chi connectivity index (χ2n) is 9.40. The molecule has 0 bridgehead atoms. The van der Waals surface area contributed by atoms with Gasteiger partial charge in [-0.2, -0.15) is 0 Å². The van der Waals surface area contributed by atoms with Crippen LogP contribution < -0.4 is 9.47 Å². The molecule has 1 unspecified atom stereocenters. The van der Waals surface area contributed by atoms with Gasteiger partial charge in [0.2, 0.25) is 0 Å². The summed E-state index contributed by atoms with van der Waals surface area (Å²) in [6, 6.07) is 15.6. The molecule has 1 amide bonds. The molecule has 2 saturated heterocycles. The minimum Gasteiger partial charge on any atom is -0.507 e. The number of carbonyl (C=O) groups excluding carboxylic acids is 2. The Morgan fingerprint density at radius 1 is 1.03 bits per heavy atom. The summed E-state index contributed by atoms with van der Waals surface area (Å²) in [7, 11) is 2.88. The first-order valence-electron chi connectivity index (χ1n) is 12.4. The third-order valence-electron chi connectivity index (χ3n) is 7.22. The van der Waals surface area contributed by atoms with Crippen molar-refractivity contribution in [2.45, 2.75) is 31.5 Å². The second-order valence-corrected chi connectivity index (χ2v) is 9.81. The van der Waals surface area contributed by atoms with Gasteiger partial charge in [-0.05, 0) is 36.6 Å². The molecule has 9 heteroatoms. The van der Waals surface area contributed by atoms with E-state index in [2.05, 4.69) is 17.0 Å². The molecule has 2 aromatic carbocycles. The van der Waals surface area contributed by atoms with Gasteiger partial charge in [-0.15, -0.1) is 0 Å². The highest BCUT2D eigenvalue weighted by atomic mass is 35.5. The first-order chi connectivity index (χ1) is 18.4. The van der Waals surface area contributed by atoms with E-state index in [1.807, 2.05) is 18.2 Å². The van der Waals surface area contributed by atoms with Gasteiger partial charge in [-0.3, -0.25) is 14.5 Å². The average Bonchev–Trinajstić information content (AvgIpc) is 3.56. The number of methoxy groups -OCH3 is 2. The summed E-state index contributed by atoms with van der Waals surface area (Å²) in [5.74, 6) is -0.866. The zero-order valence-corrected chi connectivity index (χ0v) is 22.0. The van der Waals surface area contributed by atoms with Crippen LogP contribution in [0.25, 0.3) is 5.76 Å². The Morgan fingerprint density at radius 2 is 1.74 bits per heavy atom. The normalized spacial score (nSPS) is 20.2. The number of ether oxygens (including phenoxy) is 2. The van der Waals surface area contributed by atoms with Crippen molar-refractivity contribution in [1.29, 1.82) is 0 Å². The number of rotatable bonds is 7. The van der Waals surface area contributed by atoms with Crippen molar-refractivity contribution in [1.82, 2.24) is 9.80 Å². The number of aliphatic hydroxyl groups is 1. The third kappa shape index (κ3) is 4.77. The average molecular weight is 537 g/mol. The van der Waals surface area contributed by atoms with E-state index in [0.29, 0.717) is 24.4 Å². The van der Waals surface area contributed by atoms with E-state index >= 15 is 0 Å². The zero-order chi connectivity index (χ0) is 26.8. The predicted octanol–water partition coefficient (Wildman–Crippen LogP) is 5.04. The zero-order valence-electron chi connectivity index (χ0n) is 21.2. The molecule has 0 spiro atoms. The minimum atomic E-state index is -0.873. The van der Waals surface area contributed by atoms with Crippen LogP contribution >= 0.6 is 11.6 Å². The number of amides is 1. The summed E-state index contributed by atoms with van der Waals surface area (Å²) >= 11 is 6.24. The lowest BCUT2D eigenvalue weighted by Gasteiger charge is -2.38. The molecule has 8 nitrogen and oxygen atoms in total. The van der Waals surface area contributed by atoms with Crippen molar-refractivity contribution in [2.75, 3.05) is 27.3 Å². The standard InChI is InChI=1S/C29H29ClN2O6/c1-36-23-16-21(30)24(37-2)15-20(23)27(33)25-26(22-9-6-14-38-22)32(29(35)28(25)34)19-10-12-31(13-11-19)17-18-7-4-3-5-8-18/h3-9,14-16,19,26,33H,10-13,17H2,1-2H3/b27-25+. The first kappa shape index (κ1) is 25.9. The predicted molar refractivity (Wildman–Crippen MR) is 142 cm³/mol. The van der Waals surface area contributed by atoms with Gasteiger partial charge in [0.15, 0.2) is 0 Å². The number of Topliss-reactive ketones (excluding diaryl/α,β-unsaturated/α-hetero) is 1. The maximum atomic E-state index is 13.5. The summed E-state index contributed by atoms with van der Waals surface area (Å²) in [6.45, 7) is 2.37. The lowest BCUT2D eigenvalue weighted by atomic mass is 9.96. The maximum absolute atomic E-state index is 13.5. The molecule has 0 saturated carbocycles. The summed E-state index contributed by atoms with van der Waals surface area (Å²) in [5, 5.41) is 11.8. The third-order valence-corrected chi connectivity index (χ3v) is 7.52. The summed E-state index contributed by atoms with van der Waals surface area (Å²) < 4.78 is 16.4.